The number of fused-ring (bicyclic) bond motifs is 1. The zero-order valence-corrected chi connectivity index (χ0v) is 11.6. The highest BCUT2D eigenvalue weighted by atomic mass is 15.1. The Morgan fingerprint density at radius 1 is 1.24 bits per heavy atom. The molecule has 1 N–H and O–H groups in total. The summed E-state index contributed by atoms with van der Waals surface area (Å²) in [5.74, 6) is 2.66. The predicted octanol–water partition coefficient (Wildman–Crippen LogP) is 2.38. The molecule has 0 unspecified atom stereocenters. The Hall–Kier alpha value is -0.830. The van der Waals surface area contributed by atoms with Crippen molar-refractivity contribution in [3.8, 4) is 0 Å². The lowest BCUT2D eigenvalue weighted by atomic mass is 10.1. The molecule has 2 heterocycles. The summed E-state index contributed by atoms with van der Waals surface area (Å²) in [4.78, 5) is 4.84. The van der Waals surface area contributed by atoms with E-state index in [9.17, 15) is 0 Å². The van der Waals surface area contributed by atoms with Gasteiger partial charge in [-0.1, -0.05) is 27.7 Å². The third-order valence-corrected chi connectivity index (χ3v) is 3.20. The van der Waals surface area contributed by atoms with Crippen molar-refractivity contribution in [1.82, 2.24) is 14.9 Å². The lowest BCUT2D eigenvalue weighted by molar-refractivity contribution is 0.473. The lowest BCUT2D eigenvalue weighted by Crippen LogP contribution is -2.25. The van der Waals surface area contributed by atoms with Crippen molar-refractivity contribution >= 4 is 0 Å². The van der Waals surface area contributed by atoms with Gasteiger partial charge in [0.1, 0.15) is 5.82 Å². The smallest absolute Gasteiger partial charge is 0.109 e. The fraction of sp³-hybridized carbons (Fsp3) is 0.786. The molecule has 1 aromatic rings. The van der Waals surface area contributed by atoms with E-state index in [4.69, 9.17) is 4.98 Å². The second-order valence-corrected chi connectivity index (χ2v) is 5.95. The van der Waals surface area contributed by atoms with Gasteiger partial charge < -0.3 is 9.88 Å². The summed E-state index contributed by atoms with van der Waals surface area (Å²) in [6.07, 6.45) is 2.23. The number of aromatic nitrogens is 2. The standard InChI is InChI=1S/C14H25N3/c1-10(2)7-14-16-12-8-15-6-5-13(12)17(14)9-11(3)4/h10-11,15H,5-9H2,1-4H3. The largest absolute Gasteiger partial charge is 0.331 e. The first kappa shape index (κ1) is 12.6. The van der Waals surface area contributed by atoms with Gasteiger partial charge in [-0.15, -0.1) is 0 Å². The quantitative estimate of drug-likeness (QED) is 0.868. The topological polar surface area (TPSA) is 29.9 Å². The molecular formula is C14H25N3. The van der Waals surface area contributed by atoms with E-state index in [1.165, 1.54) is 17.2 Å². The van der Waals surface area contributed by atoms with Gasteiger partial charge in [-0.2, -0.15) is 0 Å². The molecule has 0 aromatic carbocycles. The Balaban J connectivity index is 2.32. The van der Waals surface area contributed by atoms with Crippen LogP contribution in [-0.4, -0.2) is 16.1 Å². The van der Waals surface area contributed by atoms with Gasteiger partial charge in [-0.05, 0) is 11.8 Å². The number of nitrogens with zero attached hydrogens (tertiary/aromatic N) is 2. The second-order valence-electron chi connectivity index (χ2n) is 5.95. The first-order chi connectivity index (χ1) is 8.08. The average molecular weight is 235 g/mol. The van der Waals surface area contributed by atoms with E-state index in [1.807, 2.05) is 0 Å². The van der Waals surface area contributed by atoms with Gasteiger partial charge in [-0.25, -0.2) is 4.98 Å². The fourth-order valence-corrected chi connectivity index (χ4v) is 2.53. The molecule has 17 heavy (non-hydrogen) atoms. The van der Waals surface area contributed by atoms with Gasteiger partial charge >= 0.3 is 0 Å². The minimum absolute atomic E-state index is 0.678. The molecule has 0 bridgehead atoms. The highest BCUT2D eigenvalue weighted by molar-refractivity contribution is 5.20. The van der Waals surface area contributed by atoms with Gasteiger partial charge in [0.15, 0.2) is 0 Å². The SMILES string of the molecule is CC(C)Cc1nc2c(n1CC(C)C)CCNC2. The molecule has 2 rings (SSSR count). The second kappa shape index (κ2) is 5.21. The van der Waals surface area contributed by atoms with E-state index in [2.05, 4.69) is 37.6 Å². The molecule has 0 amide bonds. The van der Waals surface area contributed by atoms with E-state index >= 15 is 0 Å². The van der Waals surface area contributed by atoms with E-state index in [0.717, 1.165) is 32.5 Å². The van der Waals surface area contributed by atoms with Crippen molar-refractivity contribution in [2.24, 2.45) is 11.8 Å². The summed E-state index contributed by atoms with van der Waals surface area (Å²) in [5.41, 5.74) is 2.76. The predicted molar refractivity (Wildman–Crippen MR) is 71.0 cm³/mol. The van der Waals surface area contributed by atoms with Gasteiger partial charge in [-0.3, -0.25) is 0 Å². The van der Waals surface area contributed by atoms with Crippen molar-refractivity contribution in [1.29, 1.82) is 0 Å². The Labute approximate surface area is 105 Å². The maximum absolute atomic E-state index is 4.84. The van der Waals surface area contributed by atoms with Crippen LogP contribution in [0.5, 0.6) is 0 Å². The van der Waals surface area contributed by atoms with Crippen LogP contribution in [0.2, 0.25) is 0 Å². The van der Waals surface area contributed by atoms with E-state index in [-0.39, 0.29) is 0 Å². The van der Waals surface area contributed by atoms with Crippen molar-refractivity contribution in [3.63, 3.8) is 0 Å². The molecule has 1 aliphatic rings. The van der Waals surface area contributed by atoms with E-state index in [0.29, 0.717) is 11.8 Å². The molecule has 3 nitrogen and oxygen atoms in total. The number of nitrogens with one attached hydrogen (secondary N) is 1. The Kier molecular flexibility index (Phi) is 3.87. The number of hydrogen-bond donors (Lipinski definition) is 1. The van der Waals surface area contributed by atoms with Crippen LogP contribution in [0.15, 0.2) is 0 Å². The zero-order valence-electron chi connectivity index (χ0n) is 11.6. The normalized spacial score (nSPS) is 15.6. The van der Waals surface area contributed by atoms with E-state index in [1.54, 1.807) is 0 Å². The zero-order chi connectivity index (χ0) is 12.4. The van der Waals surface area contributed by atoms with Crippen LogP contribution < -0.4 is 5.32 Å². The van der Waals surface area contributed by atoms with Crippen LogP contribution in [0.4, 0.5) is 0 Å². The molecule has 96 valence electrons. The molecule has 0 aliphatic carbocycles. The number of hydrogen-bond acceptors (Lipinski definition) is 2. The Morgan fingerprint density at radius 2 is 2.00 bits per heavy atom. The average Bonchev–Trinajstić information content (AvgIpc) is 2.55. The molecule has 1 aromatic heterocycles. The van der Waals surface area contributed by atoms with Crippen LogP contribution in [0.3, 0.4) is 0 Å². The highest BCUT2D eigenvalue weighted by Crippen LogP contribution is 2.20. The van der Waals surface area contributed by atoms with Crippen molar-refractivity contribution in [3.05, 3.63) is 17.2 Å². The first-order valence-corrected chi connectivity index (χ1v) is 6.85. The number of imidazole rings is 1. The number of rotatable bonds is 4. The van der Waals surface area contributed by atoms with Crippen molar-refractivity contribution in [2.75, 3.05) is 6.54 Å². The van der Waals surface area contributed by atoms with Gasteiger partial charge in [0.25, 0.3) is 0 Å². The molecule has 0 fully saturated rings. The summed E-state index contributed by atoms with van der Waals surface area (Å²) in [6.45, 7) is 12.3. The molecule has 0 saturated heterocycles. The Bertz CT molecular complexity index is 377. The van der Waals surface area contributed by atoms with Crippen molar-refractivity contribution < 1.29 is 0 Å². The highest BCUT2D eigenvalue weighted by Gasteiger charge is 2.20. The summed E-state index contributed by atoms with van der Waals surface area (Å²) in [6, 6.07) is 0. The van der Waals surface area contributed by atoms with Crippen LogP contribution in [-0.2, 0) is 25.9 Å². The fourth-order valence-electron chi connectivity index (χ4n) is 2.53. The maximum atomic E-state index is 4.84. The van der Waals surface area contributed by atoms with Crippen LogP contribution >= 0.6 is 0 Å². The van der Waals surface area contributed by atoms with Crippen molar-refractivity contribution in [2.45, 2.75) is 53.6 Å². The molecule has 0 radical (unpaired) electrons. The lowest BCUT2D eigenvalue weighted by Gasteiger charge is -2.18. The van der Waals surface area contributed by atoms with E-state index < -0.39 is 0 Å². The van der Waals surface area contributed by atoms with Gasteiger partial charge in [0.2, 0.25) is 0 Å². The van der Waals surface area contributed by atoms with Crippen LogP contribution in [0, 0.1) is 11.8 Å². The molecule has 0 atom stereocenters. The summed E-state index contributed by atoms with van der Waals surface area (Å²) in [5, 5.41) is 3.41. The molecule has 0 spiro atoms. The molecular weight excluding hydrogens is 210 g/mol. The summed E-state index contributed by atoms with van der Waals surface area (Å²) >= 11 is 0. The van der Waals surface area contributed by atoms with Crippen LogP contribution in [0.25, 0.3) is 0 Å². The van der Waals surface area contributed by atoms with Gasteiger partial charge in [0, 0.05) is 38.2 Å². The molecule has 3 heteroatoms. The maximum Gasteiger partial charge on any atom is 0.109 e. The first-order valence-electron chi connectivity index (χ1n) is 6.85. The Morgan fingerprint density at radius 3 is 2.65 bits per heavy atom. The third-order valence-electron chi connectivity index (χ3n) is 3.20. The van der Waals surface area contributed by atoms with Crippen LogP contribution in [0.1, 0.15) is 44.9 Å². The summed E-state index contributed by atoms with van der Waals surface area (Å²) in [7, 11) is 0. The summed E-state index contributed by atoms with van der Waals surface area (Å²) < 4.78 is 2.49. The van der Waals surface area contributed by atoms with Gasteiger partial charge in [0.05, 0.1) is 5.69 Å². The molecule has 1 aliphatic heterocycles. The molecule has 0 saturated carbocycles. The third kappa shape index (κ3) is 2.89. The minimum atomic E-state index is 0.678. The monoisotopic (exact) mass is 235 g/mol. The minimum Gasteiger partial charge on any atom is -0.331 e.